The molecule has 0 spiro atoms. The minimum atomic E-state index is -4.96. The second kappa shape index (κ2) is 6.30. The summed E-state index contributed by atoms with van der Waals surface area (Å²) in [7, 11) is -3.10. The molecule has 0 heterocycles. The molecule has 0 aliphatic rings. The Labute approximate surface area is 95.2 Å². The first-order valence-corrected chi connectivity index (χ1v) is 6.96. The van der Waals surface area contributed by atoms with Crippen molar-refractivity contribution in [2.24, 2.45) is 4.40 Å². The summed E-state index contributed by atoms with van der Waals surface area (Å²) in [5.41, 5.74) is 0. The van der Waals surface area contributed by atoms with E-state index in [1.54, 1.807) is 0 Å². The van der Waals surface area contributed by atoms with Crippen LogP contribution in [0.2, 0.25) is 0 Å². The summed E-state index contributed by atoms with van der Waals surface area (Å²) < 4.78 is 58.8. The molecule has 0 aromatic heterocycles. The molecular weight excluding hydrogens is 269 g/mol. The lowest BCUT2D eigenvalue weighted by Gasteiger charge is -2.12. The monoisotopic (exact) mass is 279 g/mol. The largest absolute Gasteiger partial charge is 0.855 e. The molecule has 0 atom stereocenters. The number of alkyl halides is 3. The average Bonchev–Trinajstić information content (AvgIpc) is 2.07. The van der Waals surface area contributed by atoms with Gasteiger partial charge in [-0.05, 0) is 11.9 Å². The van der Waals surface area contributed by atoms with Crippen LogP contribution in [0, 0.1) is 0 Å². The minimum Gasteiger partial charge on any atom is -0.855 e. The van der Waals surface area contributed by atoms with Crippen LogP contribution in [0.15, 0.2) is 4.40 Å². The fraction of sp³-hybridized carbons (Fsp3) is 0.833. The molecule has 0 aromatic carbocycles. The van der Waals surface area contributed by atoms with E-state index in [1.165, 1.54) is 0 Å². The molecular formula is C6H10F3N2O3S2-. The zero-order valence-electron chi connectivity index (χ0n) is 8.24. The summed E-state index contributed by atoms with van der Waals surface area (Å²) in [4.78, 5) is 0. The van der Waals surface area contributed by atoms with Crippen LogP contribution in [0.4, 0.5) is 13.2 Å². The second-order valence-corrected chi connectivity index (χ2v) is 5.79. The molecule has 0 amide bonds. The van der Waals surface area contributed by atoms with Crippen LogP contribution in [0.25, 0.3) is 0 Å². The van der Waals surface area contributed by atoms with Gasteiger partial charge >= 0.3 is 6.18 Å². The van der Waals surface area contributed by atoms with E-state index in [4.69, 9.17) is 0 Å². The molecule has 96 valence electrons. The Morgan fingerprint density at radius 2 is 2.06 bits per heavy atom. The van der Waals surface area contributed by atoms with Gasteiger partial charge in [0.2, 0.25) is 0 Å². The van der Waals surface area contributed by atoms with Crippen molar-refractivity contribution in [1.29, 1.82) is 0 Å². The second-order valence-electron chi connectivity index (χ2n) is 2.80. The van der Waals surface area contributed by atoms with Crippen molar-refractivity contribution in [3.63, 3.8) is 0 Å². The van der Waals surface area contributed by atoms with Crippen LogP contribution in [-0.2, 0) is 9.84 Å². The molecule has 0 aliphatic heterocycles. The summed E-state index contributed by atoms with van der Waals surface area (Å²) in [6.07, 6.45) is -3.92. The highest BCUT2D eigenvalue weighted by Crippen LogP contribution is 2.16. The predicted octanol–water partition coefficient (Wildman–Crippen LogP) is -0.453. The highest BCUT2D eigenvalue weighted by atomic mass is 32.2. The van der Waals surface area contributed by atoms with E-state index in [2.05, 4.69) is 9.71 Å². The highest BCUT2D eigenvalue weighted by molar-refractivity contribution is 7.98. The number of rotatable bonds is 6. The van der Waals surface area contributed by atoms with E-state index in [9.17, 15) is 26.7 Å². The van der Waals surface area contributed by atoms with Crippen LogP contribution in [-0.4, -0.2) is 44.9 Å². The summed E-state index contributed by atoms with van der Waals surface area (Å²) in [6, 6.07) is 0. The summed E-state index contributed by atoms with van der Waals surface area (Å²) >= 11 is 0.388. The maximum atomic E-state index is 11.6. The van der Waals surface area contributed by atoms with Gasteiger partial charge in [-0.1, -0.05) is 0 Å². The third-order valence-electron chi connectivity index (χ3n) is 1.21. The van der Waals surface area contributed by atoms with E-state index >= 15 is 0 Å². The van der Waals surface area contributed by atoms with Crippen LogP contribution in [0.3, 0.4) is 0 Å². The van der Waals surface area contributed by atoms with Crippen molar-refractivity contribution in [3.05, 3.63) is 0 Å². The van der Waals surface area contributed by atoms with Crippen molar-refractivity contribution >= 4 is 27.7 Å². The first kappa shape index (κ1) is 15.5. The summed E-state index contributed by atoms with van der Waals surface area (Å²) in [6.45, 7) is 0.0988. The average molecular weight is 279 g/mol. The van der Waals surface area contributed by atoms with Crippen molar-refractivity contribution in [2.75, 3.05) is 24.4 Å². The van der Waals surface area contributed by atoms with Gasteiger partial charge in [0, 0.05) is 12.8 Å². The standard InChI is InChI=1S/C6H11F3N2O3S2/c1-16(13,14)3-2-10-4-15-11-5(12)6(7,8)9/h10H,2-4H2,1H3,(H,11,12)/p-1. The number of sulfone groups is 1. The minimum absolute atomic E-state index is 0.0582. The Balaban J connectivity index is 3.70. The number of hydrogen-bond donors (Lipinski definition) is 1. The van der Waals surface area contributed by atoms with Gasteiger partial charge in [-0.2, -0.15) is 13.2 Å². The Morgan fingerprint density at radius 3 is 2.50 bits per heavy atom. The van der Waals surface area contributed by atoms with Gasteiger partial charge in [0.25, 0.3) is 0 Å². The lowest BCUT2D eigenvalue weighted by atomic mass is 10.7. The molecule has 0 unspecified atom stereocenters. The van der Waals surface area contributed by atoms with Gasteiger partial charge in [-0.15, -0.1) is 0 Å². The van der Waals surface area contributed by atoms with Gasteiger partial charge in [0.05, 0.1) is 17.5 Å². The molecule has 10 heteroatoms. The zero-order chi connectivity index (χ0) is 12.8. The van der Waals surface area contributed by atoms with Crippen molar-refractivity contribution in [2.45, 2.75) is 6.18 Å². The Bertz CT molecular complexity index is 339. The molecule has 1 N–H and O–H groups in total. The Morgan fingerprint density at radius 1 is 1.50 bits per heavy atom. The van der Waals surface area contributed by atoms with Crippen molar-refractivity contribution in [3.8, 4) is 0 Å². The maximum Gasteiger partial charge on any atom is 0.420 e. The summed E-state index contributed by atoms with van der Waals surface area (Å²) in [5, 5.41) is 12.7. The lowest BCUT2D eigenvalue weighted by Crippen LogP contribution is -2.34. The van der Waals surface area contributed by atoms with Gasteiger partial charge < -0.3 is 10.4 Å². The molecule has 0 fully saturated rings. The predicted molar refractivity (Wildman–Crippen MR) is 53.7 cm³/mol. The third kappa shape index (κ3) is 8.80. The maximum absolute atomic E-state index is 11.6. The quantitative estimate of drug-likeness (QED) is 0.234. The molecule has 0 radical (unpaired) electrons. The molecule has 0 bridgehead atoms. The van der Waals surface area contributed by atoms with Gasteiger partial charge in [-0.25, -0.2) is 12.8 Å². The van der Waals surface area contributed by atoms with Crippen LogP contribution >= 0.6 is 11.9 Å². The van der Waals surface area contributed by atoms with Crippen LogP contribution in [0.1, 0.15) is 0 Å². The number of nitrogens with one attached hydrogen (secondary N) is 1. The van der Waals surface area contributed by atoms with Crippen molar-refractivity contribution < 1.29 is 26.7 Å². The third-order valence-corrected chi connectivity index (χ3v) is 2.78. The van der Waals surface area contributed by atoms with E-state index in [0.29, 0.717) is 11.9 Å². The SMILES string of the molecule is CS(=O)(=O)CCNCSN=C([O-])C(F)(F)F. The Kier molecular flexibility index (Phi) is 6.11. The molecule has 0 saturated carbocycles. The number of nitrogens with zero attached hydrogens (tertiary/aromatic N) is 1. The fourth-order valence-electron chi connectivity index (χ4n) is 0.518. The molecule has 5 nitrogen and oxygen atoms in total. The van der Waals surface area contributed by atoms with Gasteiger partial charge in [0.15, 0.2) is 0 Å². The molecule has 0 saturated heterocycles. The number of hydrogen-bond acceptors (Lipinski definition) is 6. The van der Waals surface area contributed by atoms with Gasteiger partial charge in [0.1, 0.15) is 9.84 Å². The smallest absolute Gasteiger partial charge is 0.420 e. The topological polar surface area (TPSA) is 81.6 Å². The first-order valence-electron chi connectivity index (χ1n) is 3.95. The number of halogens is 3. The van der Waals surface area contributed by atoms with Crippen LogP contribution < -0.4 is 10.4 Å². The normalized spacial score (nSPS) is 14.1. The highest BCUT2D eigenvalue weighted by Gasteiger charge is 2.27. The van der Waals surface area contributed by atoms with E-state index < -0.39 is 21.9 Å². The molecule has 0 rings (SSSR count). The van der Waals surface area contributed by atoms with E-state index in [-0.39, 0.29) is 18.2 Å². The fourth-order valence-corrected chi connectivity index (χ4v) is 1.55. The Hall–Kier alpha value is -0.480. The zero-order valence-corrected chi connectivity index (χ0v) is 9.88. The summed E-state index contributed by atoms with van der Waals surface area (Å²) in [5.74, 6) is -2.35. The van der Waals surface area contributed by atoms with E-state index in [1.807, 2.05) is 0 Å². The van der Waals surface area contributed by atoms with E-state index in [0.717, 1.165) is 6.26 Å². The van der Waals surface area contributed by atoms with Crippen LogP contribution in [0.5, 0.6) is 0 Å². The lowest BCUT2D eigenvalue weighted by molar-refractivity contribution is -0.261. The van der Waals surface area contributed by atoms with Gasteiger partial charge in [-0.3, -0.25) is 0 Å². The first-order chi connectivity index (χ1) is 7.13. The molecule has 0 aliphatic carbocycles. The van der Waals surface area contributed by atoms with Crippen molar-refractivity contribution in [1.82, 2.24) is 5.32 Å². The molecule has 0 aromatic rings. The molecule has 16 heavy (non-hydrogen) atoms.